The van der Waals surface area contributed by atoms with Crippen LogP contribution in [-0.2, 0) is 19.0 Å². The molecule has 0 spiro atoms. The Morgan fingerprint density at radius 2 is 2.06 bits per heavy atom. The van der Waals surface area contributed by atoms with Gasteiger partial charge in [0, 0.05) is 39.1 Å². The maximum Gasteiger partial charge on any atom is 0.330 e. The summed E-state index contributed by atoms with van der Waals surface area (Å²) in [5, 5.41) is 0. The van der Waals surface area contributed by atoms with E-state index < -0.39 is 0 Å². The van der Waals surface area contributed by atoms with Gasteiger partial charge in [-0.05, 0) is 6.42 Å². The molecule has 16 heavy (non-hydrogen) atoms. The summed E-state index contributed by atoms with van der Waals surface area (Å²) < 4.78 is 15.2. The molecule has 0 unspecified atom stereocenters. The van der Waals surface area contributed by atoms with Crippen molar-refractivity contribution in [3.05, 3.63) is 12.7 Å². The zero-order chi connectivity index (χ0) is 12.1. The highest BCUT2D eigenvalue weighted by molar-refractivity contribution is 6.35. The van der Waals surface area contributed by atoms with Crippen LogP contribution < -0.4 is 0 Å². The van der Waals surface area contributed by atoms with Gasteiger partial charge in [0.1, 0.15) is 0 Å². The Balaban J connectivity index is 2.98. The quantitative estimate of drug-likeness (QED) is 0.233. The summed E-state index contributed by atoms with van der Waals surface area (Å²) in [6.45, 7) is 5.17. The average Bonchev–Trinajstić information content (AvgIpc) is 2.31. The second-order valence-electron chi connectivity index (χ2n) is 3.39. The molecule has 0 aliphatic carbocycles. The van der Waals surface area contributed by atoms with Crippen LogP contribution >= 0.6 is 0 Å². The number of rotatable bonds is 11. The molecule has 0 aromatic rings. The fourth-order valence-electron chi connectivity index (χ4n) is 1.12. The summed E-state index contributed by atoms with van der Waals surface area (Å²) in [7, 11) is 1.71. The highest BCUT2D eigenvalue weighted by Gasteiger charge is 1.95. The fraction of sp³-hybridized carbons (Fsp3) is 0.727. The van der Waals surface area contributed by atoms with Crippen molar-refractivity contribution in [2.45, 2.75) is 18.9 Å². The second kappa shape index (κ2) is 12.4. The number of methoxy groups -OCH3 is 1. The van der Waals surface area contributed by atoms with Crippen LogP contribution in [0.4, 0.5) is 0 Å². The largest absolute Gasteiger partial charge is 0.462 e. The van der Waals surface area contributed by atoms with Crippen molar-refractivity contribution in [2.75, 3.05) is 33.2 Å². The lowest BCUT2D eigenvalue weighted by atomic mass is 10.5. The third kappa shape index (κ3) is 11.4. The van der Waals surface area contributed by atoms with E-state index >= 15 is 0 Å². The predicted molar refractivity (Wildman–Crippen MR) is 66.4 cm³/mol. The van der Waals surface area contributed by atoms with Gasteiger partial charge in [-0.2, -0.15) is 0 Å². The Labute approximate surface area is 99.8 Å². The number of carbonyl (C=O) groups is 1. The normalized spacial score (nSPS) is 10.8. The molecule has 0 amide bonds. The molecule has 0 N–H and O–H groups in total. The van der Waals surface area contributed by atoms with Crippen molar-refractivity contribution in [2.24, 2.45) is 0 Å². The standard InChI is InChI=1S/C11H22O4Si/c1-3-11(12)15-8-4-6-14-7-5-9-16-10-13-2/h3H,1,4-10,16H2,2H3. The molecule has 0 bridgehead atoms. The van der Waals surface area contributed by atoms with Crippen LogP contribution in [-0.4, -0.2) is 48.6 Å². The van der Waals surface area contributed by atoms with Crippen LogP contribution in [0.5, 0.6) is 0 Å². The Hall–Kier alpha value is -0.653. The molecular formula is C11H22O4Si. The third-order valence-corrected chi connectivity index (χ3v) is 3.68. The van der Waals surface area contributed by atoms with Gasteiger partial charge >= 0.3 is 5.97 Å². The third-order valence-electron chi connectivity index (χ3n) is 1.98. The predicted octanol–water partition coefficient (Wildman–Crippen LogP) is 0.703. The SMILES string of the molecule is C=CC(=O)OCCCOCCC[SiH2]COC. The van der Waals surface area contributed by atoms with E-state index in [0.717, 1.165) is 25.7 Å². The maximum absolute atomic E-state index is 10.7. The molecule has 0 aliphatic rings. The second-order valence-corrected chi connectivity index (χ2v) is 5.21. The molecule has 0 heterocycles. The van der Waals surface area contributed by atoms with Crippen molar-refractivity contribution in [3.8, 4) is 0 Å². The van der Waals surface area contributed by atoms with Crippen molar-refractivity contribution in [3.63, 3.8) is 0 Å². The lowest BCUT2D eigenvalue weighted by Gasteiger charge is -2.04. The van der Waals surface area contributed by atoms with Crippen LogP contribution in [0, 0.1) is 0 Å². The molecule has 0 saturated carbocycles. The van der Waals surface area contributed by atoms with Gasteiger partial charge in [-0.3, -0.25) is 0 Å². The van der Waals surface area contributed by atoms with E-state index in [0.29, 0.717) is 13.2 Å². The number of hydrogen-bond acceptors (Lipinski definition) is 4. The Kier molecular flexibility index (Phi) is 11.9. The van der Waals surface area contributed by atoms with E-state index in [1.165, 1.54) is 12.1 Å². The summed E-state index contributed by atoms with van der Waals surface area (Å²) in [4.78, 5) is 10.7. The Morgan fingerprint density at radius 3 is 2.75 bits per heavy atom. The summed E-state index contributed by atoms with van der Waals surface area (Å²) in [5.74, 6) is -0.370. The van der Waals surface area contributed by atoms with E-state index in [1.807, 2.05) is 0 Å². The average molecular weight is 246 g/mol. The highest BCUT2D eigenvalue weighted by atomic mass is 28.2. The van der Waals surface area contributed by atoms with Gasteiger partial charge in [-0.25, -0.2) is 4.79 Å². The van der Waals surface area contributed by atoms with E-state index in [1.54, 1.807) is 7.11 Å². The summed E-state index contributed by atoms with van der Waals surface area (Å²) in [6, 6.07) is 1.26. The Morgan fingerprint density at radius 1 is 1.31 bits per heavy atom. The topological polar surface area (TPSA) is 44.8 Å². The molecule has 5 heteroatoms. The smallest absolute Gasteiger partial charge is 0.330 e. The van der Waals surface area contributed by atoms with Crippen molar-refractivity contribution in [1.29, 1.82) is 0 Å². The van der Waals surface area contributed by atoms with Gasteiger partial charge in [-0.15, -0.1) is 0 Å². The molecule has 0 saturated heterocycles. The number of ether oxygens (including phenoxy) is 3. The first-order chi connectivity index (χ1) is 7.81. The monoisotopic (exact) mass is 246 g/mol. The summed E-state index contributed by atoms with van der Waals surface area (Å²) in [6.07, 6.45) is 3.98. The zero-order valence-electron chi connectivity index (χ0n) is 10.1. The fourth-order valence-corrected chi connectivity index (χ4v) is 2.17. The van der Waals surface area contributed by atoms with E-state index in [2.05, 4.69) is 6.58 Å². The number of hydrogen-bond donors (Lipinski definition) is 0. The van der Waals surface area contributed by atoms with E-state index in [9.17, 15) is 4.79 Å². The number of esters is 1. The molecule has 0 radical (unpaired) electrons. The minimum atomic E-state index is -0.370. The molecule has 4 nitrogen and oxygen atoms in total. The minimum absolute atomic E-state index is 0.0292. The molecular weight excluding hydrogens is 224 g/mol. The van der Waals surface area contributed by atoms with Gasteiger partial charge < -0.3 is 14.2 Å². The highest BCUT2D eigenvalue weighted by Crippen LogP contribution is 1.92. The molecule has 0 aromatic carbocycles. The van der Waals surface area contributed by atoms with Crippen LogP contribution in [0.25, 0.3) is 0 Å². The first-order valence-electron chi connectivity index (χ1n) is 5.67. The summed E-state index contributed by atoms with van der Waals surface area (Å²) in [5.41, 5.74) is 0. The van der Waals surface area contributed by atoms with Gasteiger partial charge in [-0.1, -0.05) is 12.6 Å². The minimum Gasteiger partial charge on any atom is -0.462 e. The first-order valence-corrected chi connectivity index (χ1v) is 7.67. The van der Waals surface area contributed by atoms with Crippen LogP contribution in [0.2, 0.25) is 6.04 Å². The molecule has 0 fully saturated rings. The number of carbonyl (C=O) groups excluding carboxylic acids is 1. The summed E-state index contributed by atoms with van der Waals surface area (Å²) >= 11 is 0. The maximum atomic E-state index is 10.7. The van der Waals surface area contributed by atoms with E-state index in [4.69, 9.17) is 14.2 Å². The zero-order valence-corrected chi connectivity index (χ0v) is 11.5. The van der Waals surface area contributed by atoms with Gasteiger partial charge in [0.2, 0.25) is 0 Å². The van der Waals surface area contributed by atoms with Crippen molar-refractivity contribution >= 4 is 15.5 Å². The Bertz CT molecular complexity index is 185. The van der Waals surface area contributed by atoms with Crippen molar-refractivity contribution in [1.82, 2.24) is 0 Å². The lowest BCUT2D eigenvalue weighted by Crippen LogP contribution is -2.06. The molecule has 0 aliphatic heterocycles. The molecule has 0 aromatic heterocycles. The van der Waals surface area contributed by atoms with E-state index in [-0.39, 0.29) is 15.5 Å². The molecule has 0 atom stereocenters. The van der Waals surface area contributed by atoms with Crippen LogP contribution in [0.3, 0.4) is 0 Å². The van der Waals surface area contributed by atoms with Crippen molar-refractivity contribution < 1.29 is 19.0 Å². The van der Waals surface area contributed by atoms with Crippen LogP contribution in [0.1, 0.15) is 12.8 Å². The first kappa shape index (κ1) is 15.3. The van der Waals surface area contributed by atoms with Gasteiger partial charge in [0.25, 0.3) is 0 Å². The lowest BCUT2D eigenvalue weighted by molar-refractivity contribution is -0.138. The van der Waals surface area contributed by atoms with Gasteiger partial charge in [0.05, 0.1) is 16.1 Å². The van der Waals surface area contributed by atoms with Gasteiger partial charge in [0.15, 0.2) is 0 Å². The molecule has 0 rings (SSSR count). The van der Waals surface area contributed by atoms with Crippen LogP contribution in [0.15, 0.2) is 12.7 Å². The molecule has 94 valence electrons.